The summed E-state index contributed by atoms with van der Waals surface area (Å²) >= 11 is 0. The summed E-state index contributed by atoms with van der Waals surface area (Å²) in [5.74, 6) is 0.606. The van der Waals surface area contributed by atoms with Crippen LogP contribution in [0.1, 0.15) is 19.3 Å². The lowest BCUT2D eigenvalue weighted by Gasteiger charge is -2.13. The summed E-state index contributed by atoms with van der Waals surface area (Å²) < 4.78 is 4.51. The van der Waals surface area contributed by atoms with Crippen LogP contribution in [0.2, 0.25) is 0 Å². The van der Waals surface area contributed by atoms with E-state index in [-0.39, 0.29) is 6.09 Å². The zero-order valence-corrected chi connectivity index (χ0v) is 8.14. The SMILES string of the molecule is COC(=O)NCC1CCCNCC1. The standard InChI is InChI=1S/C9H18N2O2/c1-13-9(12)11-7-8-3-2-5-10-6-4-8/h8,10H,2-7H2,1H3,(H,11,12). The molecule has 0 aromatic carbocycles. The molecule has 1 aliphatic rings. The van der Waals surface area contributed by atoms with Gasteiger partial charge in [0.15, 0.2) is 0 Å². The summed E-state index contributed by atoms with van der Waals surface area (Å²) in [6.07, 6.45) is 3.21. The third-order valence-corrected chi connectivity index (χ3v) is 2.42. The van der Waals surface area contributed by atoms with Crippen LogP contribution in [0.4, 0.5) is 4.79 Å². The van der Waals surface area contributed by atoms with Crippen LogP contribution in [0, 0.1) is 5.92 Å². The van der Waals surface area contributed by atoms with Crippen LogP contribution in [0.25, 0.3) is 0 Å². The number of nitrogens with one attached hydrogen (secondary N) is 2. The van der Waals surface area contributed by atoms with E-state index in [1.54, 1.807) is 0 Å². The van der Waals surface area contributed by atoms with Crippen molar-refractivity contribution < 1.29 is 9.53 Å². The molecule has 1 heterocycles. The molecule has 0 bridgehead atoms. The summed E-state index contributed by atoms with van der Waals surface area (Å²) in [5.41, 5.74) is 0. The van der Waals surface area contributed by atoms with E-state index >= 15 is 0 Å². The van der Waals surface area contributed by atoms with E-state index in [2.05, 4.69) is 15.4 Å². The van der Waals surface area contributed by atoms with E-state index in [0.717, 1.165) is 26.1 Å². The molecule has 76 valence electrons. The van der Waals surface area contributed by atoms with Crippen LogP contribution < -0.4 is 10.6 Å². The number of rotatable bonds is 2. The molecule has 0 radical (unpaired) electrons. The first kappa shape index (κ1) is 10.3. The molecule has 0 aliphatic carbocycles. The maximum atomic E-state index is 10.8. The molecule has 1 unspecified atom stereocenters. The van der Waals surface area contributed by atoms with Gasteiger partial charge in [0.1, 0.15) is 0 Å². The minimum Gasteiger partial charge on any atom is -0.453 e. The van der Waals surface area contributed by atoms with Crippen LogP contribution in [-0.4, -0.2) is 32.8 Å². The van der Waals surface area contributed by atoms with Crippen molar-refractivity contribution >= 4 is 6.09 Å². The van der Waals surface area contributed by atoms with Gasteiger partial charge in [-0.05, 0) is 38.3 Å². The van der Waals surface area contributed by atoms with Crippen molar-refractivity contribution in [3.8, 4) is 0 Å². The molecule has 1 atom stereocenters. The van der Waals surface area contributed by atoms with Gasteiger partial charge in [-0.15, -0.1) is 0 Å². The number of hydrogen-bond donors (Lipinski definition) is 2. The molecule has 1 aliphatic heterocycles. The summed E-state index contributed by atoms with van der Waals surface area (Å²) in [4.78, 5) is 10.8. The Morgan fingerprint density at radius 3 is 3.15 bits per heavy atom. The van der Waals surface area contributed by atoms with Crippen LogP contribution >= 0.6 is 0 Å². The van der Waals surface area contributed by atoms with Gasteiger partial charge in [-0.3, -0.25) is 0 Å². The highest BCUT2D eigenvalue weighted by molar-refractivity contribution is 5.66. The van der Waals surface area contributed by atoms with E-state index in [1.165, 1.54) is 20.0 Å². The smallest absolute Gasteiger partial charge is 0.406 e. The molecular formula is C9H18N2O2. The number of amides is 1. The van der Waals surface area contributed by atoms with E-state index in [1.807, 2.05) is 0 Å². The Balaban J connectivity index is 2.15. The highest BCUT2D eigenvalue weighted by Gasteiger charge is 2.12. The van der Waals surface area contributed by atoms with E-state index in [9.17, 15) is 4.79 Å². The summed E-state index contributed by atoms with van der Waals surface area (Å²) in [5, 5.41) is 6.08. The monoisotopic (exact) mass is 186 g/mol. The molecular weight excluding hydrogens is 168 g/mol. The average Bonchev–Trinajstić information content (AvgIpc) is 2.42. The first-order valence-corrected chi connectivity index (χ1v) is 4.85. The van der Waals surface area contributed by atoms with Crippen LogP contribution in [-0.2, 0) is 4.74 Å². The Morgan fingerprint density at radius 2 is 2.38 bits per heavy atom. The molecule has 1 fully saturated rings. The number of alkyl carbamates (subject to hydrolysis) is 1. The number of carbonyl (C=O) groups excluding carboxylic acids is 1. The highest BCUT2D eigenvalue weighted by atomic mass is 16.5. The maximum Gasteiger partial charge on any atom is 0.406 e. The van der Waals surface area contributed by atoms with Gasteiger partial charge in [-0.2, -0.15) is 0 Å². The van der Waals surface area contributed by atoms with Gasteiger partial charge < -0.3 is 15.4 Å². The van der Waals surface area contributed by atoms with Gasteiger partial charge in [0.25, 0.3) is 0 Å². The third-order valence-electron chi connectivity index (χ3n) is 2.42. The molecule has 1 rings (SSSR count). The number of hydrogen-bond acceptors (Lipinski definition) is 3. The van der Waals surface area contributed by atoms with Gasteiger partial charge in [0.2, 0.25) is 0 Å². The molecule has 0 spiro atoms. The van der Waals surface area contributed by atoms with Gasteiger partial charge >= 0.3 is 6.09 Å². The maximum absolute atomic E-state index is 10.8. The molecule has 4 nitrogen and oxygen atoms in total. The second kappa shape index (κ2) is 5.80. The predicted molar refractivity (Wildman–Crippen MR) is 50.6 cm³/mol. The van der Waals surface area contributed by atoms with Gasteiger partial charge in [0, 0.05) is 6.54 Å². The fourth-order valence-corrected chi connectivity index (χ4v) is 1.60. The third kappa shape index (κ3) is 4.12. The second-order valence-electron chi connectivity index (χ2n) is 3.42. The lowest BCUT2D eigenvalue weighted by Crippen LogP contribution is -2.29. The zero-order valence-electron chi connectivity index (χ0n) is 8.14. The largest absolute Gasteiger partial charge is 0.453 e. The normalized spacial score (nSPS) is 23.3. The topological polar surface area (TPSA) is 50.4 Å². The van der Waals surface area contributed by atoms with Crippen molar-refractivity contribution in [3.63, 3.8) is 0 Å². The Kier molecular flexibility index (Phi) is 4.60. The van der Waals surface area contributed by atoms with Crippen LogP contribution in [0.3, 0.4) is 0 Å². The van der Waals surface area contributed by atoms with E-state index < -0.39 is 0 Å². The first-order valence-electron chi connectivity index (χ1n) is 4.85. The summed E-state index contributed by atoms with van der Waals surface area (Å²) in [7, 11) is 1.39. The van der Waals surface area contributed by atoms with Crippen molar-refractivity contribution in [1.29, 1.82) is 0 Å². The molecule has 1 saturated heterocycles. The van der Waals surface area contributed by atoms with Crippen molar-refractivity contribution in [2.75, 3.05) is 26.7 Å². The zero-order chi connectivity index (χ0) is 9.52. The lowest BCUT2D eigenvalue weighted by molar-refractivity contribution is 0.168. The predicted octanol–water partition coefficient (Wildman–Crippen LogP) is 0.732. The molecule has 4 heteroatoms. The first-order chi connectivity index (χ1) is 6.33. The highest BCUT2D eigenvalue weighted by Crippen LogP contribution is 2.11. The molecule has 2 N–H and O–H groups in total. The number of carbonyl (C=O) groups is 1. The summed E-state index contributed by atoms with van der Waals surface area (Å²) in [6, 6.07) is 0. The molecule has 0 aromatic heterocycles. The lowest BCUT2D eigenvalue weighted by atomic mass is 10.0. The van der Waals surface area contributed by atoms with E-state index in [0.29, 0.717) is 5.92 Å². The Morgan fingerprint density at radius 1 is 1.54 bits per heavy atom. The van der Waals surface area contributed by atoms with Crippen LogP contribution in [0.15, 0.2) is 0 Å². The Labute approximate surface area is 79.0 Å². The fourth-order valence-electron chi connectivity index (χ4n) is 1.60. The molecule has 1 amide bonds. The van der Waals surface area contributed by atoms with Crippen molar-refractivity contribution in [2.45, 2.75) is 19.3 Å². The minimum absolute atomic E-state index is 0.322. The van der Waals surface area contributed by atoms with E-state index in [4.69, 9.17) is 0 Å². The number of ether oxygens (including phenoxy) is 1. The van der Waals surface area contributed by atoms with Gasteiger partial charge in [-0.25, -0.2) is 4.79 Å². The molecule has 0 aromatic rings. The van der Waals surface area contributed by atoms with Crippen molar-refractivity contribution in [3.05, 3.63) is 0 Å². The Hall–Kier alpha value is -0.770. The molecule has 13 heavy (non-hydrogen) atoms. The quantitative estimate of drug-likeness (QED) is 0.668. The minimum atomic E-state index is -0.322. The molecule has 0 saturated carbocycles. The van der Waals surface area contributed by atoms with Gasteiger partial charge in [-0.1, -0.05) is 0 Å². The average molecular weight is 186 g/mol. The van der Waals surface area contributed by atoms with Crippen molar-refractivity contribution in [1.82, 2.24) is 10.6 Å². The van der Waals surface area contributed by atoms with Gasteiger partial charge in [0.05, 0.1) is 7.11 Å². The fraction of sp³-hybridized carbons (Fsp3) is 0.889. The van der Waals surface area contributed by atoms with Crippen LogP contribution in [0.5, 0.6) is 0 Å². The number of methoxy groups -OCH3 is 1. The second-order valence-corrected chi connectivity index (χ2v) is 3.42. The van der Waals surface area contributed by atoms with Crippen molar-refractivity contribution in [2.24, 2.45) is 5.92 Å². The Bertz CT molecular complexity index is 154. The summed E-state index contributed by atoms with van der Waals surface area (Å²) in [6.45, 7) is 2.91.